The van der Waals surface area contributed by atoms with Crippen molar-refractivity contribution in [1.29, 1.82) is 0 Å². The summed E-state index contributed by atoms with van der Waals surface area (Å²) in [5.74, 6) is -0.353. The molecule has 0 bridgehead atoms. The van der Waals surface area contributed by atoms with Crippen LogP contribution in [0.15, 0.2) is 18.2 Å². The van der Waals surface area contributed by atoms with Crippen molar-refractivity contribution in [3.8, 4) is 5.75 Å². The molecular weight excluding hydrogens is 525 g/mol. The summed E-state index contributed by atoms with van der Waals surface area (Å²) in [5.41, 5.74) is 0.954. The molecule has 0 heterocycles. The molecule has 33 heavy (non-hydrogen) atoms. The Kier molecular flexibility index (Phi) is 13.7. The Balaban J connectivity index is 3.57. The van der Waals surface area contributed by atoms with E-state index in [1.807, 2.05) is 12.1 Å². The van der Waals surface area contributed by atoms with Crippen LogP contribution in [-0.2, 0) is 25.5 Å². The van der Waals surface area contributed by atoms with E-state index in [1.165, 1.54) is 57.1 Å². The summed E-state index contributed by atoms with van der Waals surface area (Å²) in [5, 5.41) is 2.71. The van der Waals surface area contributed by atoms with Gasteiger partial charge in [0.05, 0.1) is 0 Å². The third-order valence-electron chi connectivity index (χ3n) is 6.20. The van der Waals surface area contributed by atoms with Crippen LogP contribution < -0.4 is 13.6 Å². The summed E-state index contributed by atoms with van der Waals surface area (Å²) >= 11 is -2.94. The van der Waals surface area contributed by atoms with Crippen molar-refractivity contribution in [2.75, 3.05) is 7.11 Å². The third-order valence-corrected chi connectivity index (χ3v) is 21.8. The number of benzene rings is 1. The van der Waals surface area contributed by atoms with Gasteiger partial charge in [0.2, 0.25) is 0 Å². The molecule has 0 saturated carbocycles. The fraction of sp³-hybridized carbons (Fsp3) is 0.654. The summed E-state index contributed by atoms with van der Waals surface area (Å²) in [4.78, 5) is 35.9. The predicted molar refractivity (Wildman–Crippen MR) is 136 cm³/mol. The molecular formula is C26H43NO5Sn. The quantitative estimate of drug-likeness (QED) is 0.185. The molecule has 0 fully saturated rings. The number of amides is 1. The Bertz CT molecular complexity index is 758. The number of hydrogen-bond donors (Lipinski definition) is 1. The first-order chi connectivity index (χ1) is 15.7. The fourth-order valence-electron chi connectivity index (χ4n) is 4.50. The van der Waals surface area contributed by atoms with Crippen molar-refractivity contribution < 1.29 is 23.9 Å². The SMILES string of the molecule is CCC[CH2][Sn]([CH2]CCC)([CH2]CCC)[c]1cc(C[C@H](NC(C)=O)C(=O)OC)ccc1OC(C)=O. The average Bonchev–Trinajstić information content (AvgIpc) is 2.78. The van der Waals surface area contributed by atoms with Crippen LogP contribution in [-0.4, -0.2) is 49.4 Å². The molecule has 1 aromatic carbocycles. The Morgan fingerprint density at radius 1 is 0.939 bits per heavy atom. The van der Waals surface area contributed by atoms with Gasteiger partial charge in [-0.1, -0.05) is 0 Å². The van der Waals surface area contributed by atoms with Crippen molar-refractivity contribution in [2.45, 2.75) is 98.9 Å². The Morgan fingerprint density at radius 3 is 1.91 bits per heavy atom. The number of rotatable bonds is 15. The molecule has 0 aliphatic rings. The predicted octanol–water partition coefficient (Wildman–Crippen LogP) is 4.89. The zero-order valence-electron chi connectivity index (χ0n) is 21.4. The van der Waals surface area contributed by atoms with Crippen LogP contribution in [0.3, 0.4) is 0 Å². The van der Waals surface area contributed by atoms with Gasteiger partial charge in [0.1, 0.15) is 0 Å². The molecule has 1 rings (SSSR count). The zero-order valence-corrected chi connectivity index (χ0v) is 24.3. The second-order valence-corrected chi connectivity index (χ2v) is 22.1. The van der Waals surface area contributed by atoms with E-state index in [2.05, 4.69) is 32.2 Å². The number of hydrogen-bond acceptors (Lipinski definition) is 5. The van der Waals surface area contributed by atoms with Gasteiger partial charge in [-0.25, -0.2) is 0 Å². The molecule has 1 amide bonds. The van der Waals surface area contributed by atoms with Gasteiger partial charge in [0, 0.05) is 0 Å². The molecule has 1 atom stereocenters. The van der Waals surface area contributed by atoms with Crippen LogP contribution >= 0.6 is 0 Å². The van der Waals surface area contributed by atoms with E-state index < -0.39 is 30.4 Å². The van der Waals surface area contributed by atoms with Gasteiger partial charge in [-0.15, -0.1) is 0 Å². The van der Waals surface area contributed by atoms with E-state index in [-0.39, 0.29) is 11.9 Å². The molecule has 186 valence electrons. The minimum absolute atomic E-state index is 0.274. The monoisotopic (exact) mass is 569 g/mol. The number of nitrogens with one attached hydrogen (secondary N) is 1. The number of ether oxygens (including phenoxy) is 2. The number of carbonyl (C=O) groups excluding carboxylic acids is 3. The molecule has 6 nitrogen and oxygen atoms in total. The van der Waals surface area contributed by atoms with Gasteiger partial charge in [-0.3, -0.25) is 0 Å². The van der Waals surface area contributed by atoms with Gasteiger partial charge < -0.3 is 0 Å². The van der Waals surface area contributed by atoms with E-state index in [4.69, 9.17) is 9.47 Å². The second kappa shape index (κ2) is 15.4. The van der Waals surface area contributed by atoms with Gasteiger partial charge >= 0.3 is 205 Å². The number of carbonyl (C=O) groups is 3. The van der Waals surface area contributed by atoms with Crippen molar-refractivity contribution in [3.05, 3.63) is 23.8 Å². The molecule has 0 aliphatic heterocycles. The fourth-order valence-corrected chi connectivity index (χ4v) is 21.1. The standard InChI is InChI=1S/C14H16NO5.3C4H9.Sn/c1-9(16)15-13(14(18)19-3)8-11-4-6-12(7-5-11)20-10(2)17;3*1-3-4-2;/h4-6,13H,8H2,1-3H3,(H,15,16);3*1,3-4H2,2H3;/t13-;;;;/m0..../s1. The Hall–Kier alpha value is -1.57. The minimum atomic E-state index is -2.94. The maximum absolute atomic E-state index is 12.3. The average molecular weight is 568 g/mol. The van der Waals surface area contributed by atoms with Crippen LogP contribution in [0.5, 0.6) is 5.75 Å². The molecule has 0 aromatic heterocycles. The first-order valence-corrected chi connectivity index (χ1v) is 19.9. The van der Waals surface area contributed by atoms with E-state index in [0.29, 0.717) is 12.2 Å². The van der Waals surface area contributed by atoms with Gasteiger partial charge in [-0.05, 0) is 0 Å². The number of methoxy groups -OCH3 is 1. The first-order valence-electron chi connectivity index (χ1n) is 12.4. The summed E-state index contributed by atoms with van der Waals surface area (Å²) in [6, 6.07) is 5.22. The molecule has 1 aromatic rings. The van der Waals surface area contributed by atoms with Crippen molar-refractivity contribution in [3.63, 3.8) is 0 Å². The Labute approximate surface area is 204 Å². The van der Waals surface area contributed by atoms with Crippen molar-refractivity contribution >= 4 is 39.8 Å². The van der Waals surface area contributed by atoms with Gasteiger partial charge in [0.25, 0.3) is 0 Å². The van der Waals surface area contributed by atoms with Crippen LogP contribution in [0.25, 0.3) is 0 Å². The summed E-state index contributed by atoms with van der Waals surface area (Å²) in [7, 11) is 1.33. The van der Waals surface area contributed by atoms with Gasteiger partial charge in [0.15, 0.2) is 0 Å². The number of esters is 2. The molecule has 0 saturated heterocycles. The first kappa shape index (κ1) is 29.5. The van der Waals surface area contributed by atoms with Crippen LogP contribution in [0.1, 0.15) is 78.7 Å². The summed E-state index contributed by atoms with van der Waals surface area (Å²) in [6.45, 7) is 9.53. The summed E-state index contributed by atoms with van der Waals surface area (Å²) < 4.78 is 15.6. The van der Waals surface area contributed by atoms with E-state index in [0.717, 1.165) is 24.8 Å². The maximum atomic E-state index is 12.3. The molecule has 0 spiro atoms. The normalized spacial score (nSPS) is 12.2. The summed E-state index contributed by atoms with van der Waals surface area (Å²) in [6.07, 6.45) is 7.33. The van der Waals surface area contributed by atoms with E-state index in [9.17, 15) is 14.4 Å². The van der Waals surface area contributed by atoms with E-state index in [1.54, 1.807) is 0 Å². The second-order valence-electron chi connectivity index (χ2n) is 9.00. The van der Waals surface area contributed by atoms with Crippen LogP contribution in [0.4, 0.5) is 0 Å². The molecule has 0 radical (unpaired) electrons. The zero-order chi connectivity index (χ0) is 24.9. The van der Waals surface area contributed by atoms with Gasteiger partial charge in [-0.2, -0.15) is 0 Å². The Morgan fingerprint density at radius 2 is 1.48 bits per heavy atom. The van der Waals surface area contributed by atoms with Crippen molar-refractivity contribution in [1.82, 2.24) is 5.32 Å². The van der Waals surface area contributed by atoms with Crippen LogP contribution in [0.2, 0.25) is 13.3 Å². The third kappa shape index (κ3) is 9.67. The molecule has 7 heteroatoms. The molecule has 0 aliphatic carbocycles. The van der Waals surface area contributed by atoms with Crippen molar-refractivity contribution in [2.24, 2.45) is 0 Å². The topological polar surface area (TPSA) is 81.7 Å². The van der Waals surface area contributed by atoms with E-state index >= 15 is 0 Å². The number of unbranched alkanes of at least 4 members (excludes halogenated alkanes) is 3. The van der Waals surface area contributed by atoms with Crippen LogP contribution in [0, 0.1) is 0 Å². The molecule has 0 unspecified atom stereocenters. The molecule has 1 N–H and O–H groups in total.